The van der Waals surface area contributed by atoms with Crippen molar-refractivity contribution in [2.24, 2.45) is 0 Å². The summed E-state index contributed by atoms with van der Waals surface area (Å²) in [5.74, 6) is 0. The first-order valence-electron chi connectivity index (χ1n) is 25.1. The summed E-state index contributed by atoms with van der Waals surface area (Å²) in [7, 11) is 0. The minimum atomic E-state index is -0.0794. The molecule has 15 rings (SSSR count). The number of hydrogen-bond donors (Lipinski definition) is 0. The molecule has 0 unspecified atom stereocenters. The van der Waals surface area contributed by atoms with E-state index in [0.29, 0.717) is 0 Å². The highest BCUT2D eigenvalue weighted by atomic mass is 15.0. The summed E-state index contributed by atoms with van der Waals surface area (Å²) in [5, 5.41) is 13.0. The third-order valence-electron chi connectivity index (χ3n) is 16.1. The first kappa shape index (κ1) is 40.6. The van der Waals surface area contributed by atoms with Crippen molar-refractivity contribution in [3.05, 3.63) is 200 Å². The van der Waals surface area contributed by atoms with E-state index in [9.17, 15) is 0 Å². The van der Waals surface area contributed by atoms with Crippen LogP contribution in [0, 0.1) is 0 Å². The first-order chi connectivity index (χ1) is 34.5. The standard InChI is InChI=1S/C66H49BN4/c1-65(2,3)40-26-28-55-50(34-40)51-35-41(66(4,5)6)36-53-64(51)70(55)57-32-39(59-42(38-16-15-30-68-37-38)21-13-22-48(59)54-25-11-12-31-69-54)33-58-62(57)67(53)52-24-14-23-49-61-56(71(58)63(49)52)29-27-47-45-19-8-7-17-43(45)44-18-9-10-20-46(44)60(47)61/h7-37H,1-6H3. The lowest BCUT2D eigenvalue weighted by atomic mass is 9.34. The molecule has 0 saturated heterocycles. The van der Waals surface area contributed by atoms with E-state index in [1.54, 1.807) is 0 Å². The van der Waals surface area contributed by atoms with Crippen molar-refractivity contribution in [2.75, 3.05) is 0 Å². The molecule has 0 radical (unpaired) electrons. The minimum Gasteiger partial charge on any atom is -0.310 e. The van der Waals surface area contributed by atoms with E-state index in [4.69, 9.17) is 4.98 Å². The molecule has 9 aromatic carbocycles. The van der Waals surface area contributed by atoms with E-state index in [0.717, 1.165) is 33.5 Å². The average Bonchev–Trinajstić information content (AvgIpc) is 3.94. The molecular weight excluding hydrogens is 860 g/mol. The van der Waals surface area contributed by atoms with Gasteiger partial charge < -0.3 is 9.13 Å². The van der Waals surface area contributed by atoms with Crippen LogP contribution in [0.1, 0.15) is 52.7 Å². The Kier molecular flexibility index (Phi) is 8.10. The number of pyridine rings is 2. The topological polar surface area (TPSA) is 35.6 Å². The molecule has 4 nitrogen and oxygen atoms in total. The molecule has 0 N–H and O–H groups in total. The second-order valence-corrected chi connectivity index (χ2v) is 22.1. The Bertz CT molecular complexity index is 4380. The Hall–Kier alpha value is -8.28. The normalized spacial score (nSPS) is 13.2. The second kappa shape index (κ2) is 14.2. The molecule has 0 bridgehead atoms. The fourth-order valence-corrected chi connectivity index (χ4v) is 12.9. The Morgan fingerprint density at radius 3 is 1.77 bits per heavy atom. The fraction of sp³-hybridized carbons (Fsp3) is 0.121. The van der Waals surface area contributed by atoms with E-state index < -0.39 is 0 Å². The Balaban J connectivity index is 1.17. The lowest BCUT2D eigenvalue weighted by molar-refractivity contribution is 0.590. The predicted molar refractivity (Wildman–Crippen MR) is 302 cm³/mol. The number of aromatic nitrogens is 4. The molecule has 2 aliphatic heterocycles. The van der Waals surface area contributed by atoms with E-state index in [1.165, 1.54) is 115 Å². The van der Waals surface area contributed by atoms with Crippen LogP contribution in [-0.4, -0.2) is 25.8 Å². The molecule has 336 valence electrons. The van der Waals surface area contributed by atoms with E-state index in [1.807, 2.05) is 30.7 Å². The fourth-order valence-electron chi connectivity index (χ4n) is 12.9. The Morgan fingerprint density at radius 1 is 0.423 bits per heavy atom. The molecular formula is C66H49BN4. The summed E-state index contributed by atoms with van der Waals surface area (Å²) in [6.07, 6.45) is 5.77. The van der Waals surface area contributed by atoms with Gasteiger partial charge in [0.1, 0.15) is 0 Å². The maximum atomic E-state index is 5.02. The number of hydrogen-bond acceptors (Lipinski definition) is 2. The van der Waals surface area contributed by atoms with Crippen molar-refractivity contribution in [2.45, 2.75) is 52.4 Å². The zero-order valence-corrected chi connectivity index (χ0v) is 40.8. The summed E-state index contributed by atoms with van der Waals surface area (Å²) in [5.41, 5.74) is 20.6. The van der Waals surface area contributed by atoms with Crippen molar-refractivity contribution >= 4 is 99.0 Å². The number of fused-ring (bicyclic) bond motifs is 17. The van der Waals surface area contributed by atoms with Crippen molar-refractivity contribution in [1.82, 2.24) is 19.1 Å². The predicted octanol–water partition coefficient (Wildman–Crippen LogP) is 14.9. The third-order valence-corrected chi connectivity index (χ3v) is 16.1. The van der Waals surface area contributed by atoms with E-state index in [2.05, 4.69) is 213 Å². The van der Waals surface area contributed by atoms with Crippen LogP contribution in [0.15, 0.2) is 188 Å². The van der Waals surface area contributed by atoms with Crippen molar-refractivity contribution < 1.29 is 0 Å². The Labute approximate surface area is 412 Å². The van der Waals surface area contributed by atoms with Crippen molar-refractivity contribution in [3.8, 4) is 44.9 Å². The monoisotopic (exact) mass is 908 g/mol. The van der Waals surface area contributed by atoms with Crippen molar-refractivity contribution in [1.29, 1.82) is 0 Å². The molecule has 0 atom stereocenters. The maximum Gasteiger partial charge on any atom is 0.252 e. The van der Waals surface area contributed by atoms with Gasteiger partial charge in [0.05, 0.1) is 16.7 Å². The van der Waals surface area contributed by atoms with Crippen LogP contribution >= 0.6 is 0 Å². The summed E-state index contributed by atoms with van der Waals surface area (Å²) in [6, 6.07) is 64.5. The van der Waals surface area contributed by atoms with Crippen LogP contribution in [0.3, 0.4) is 0 Å². The van der Waals surface area contributed by atoms with Crippen LogP contribution in [0.5, 0.6) is 0 Å². The number of benzene rings is 9. The highest BCUT2D eigenvalue weighted by molar-refractivity contribution is 7.00. The molecule has 5 heteroatoms. The molecule has 0 spiro atoms. The zero-order chi connectivity index (χ0) is 47.7. The SMILES string of the molecule is CC(C)(C)c1ccc2c(c1)c1cc(C(C)(C)C)cc3c1n2-c1cc(-c2c(-c4cccnc4)cccc2-c2ccccn2)cc2c1B3c1cccc3c4c5c6ccccc6c6ccccc6c5ccc4n-2c13. The quantitative estimate of drug-likeness (QED) is 0.131. The van der Waals surface area contributed by atoms with E-state index in [-0.39, 0.29) is 17.5 Å². The maximum absolute atomic E-state index is 5.02. The van der Waals surface area contributed by atoms with Gasteiger partial charge in [-0.3, -0.25) is 9.97 Å². The van der Waals surface area contributed by atoms with Crippen LogP contribution in [0.2, 0.25) is 0 Å². The molecule has 2 aliphatic rings. The van der Waals surface area contributed by atoms with Crippen LogP contribution < -0.4 is 16.4 Å². The summed E-state index contributed by atoms with van der Waals surface area (Å²) in [4.78, 5) is 9.68. The van der Waals surface area contributed by atoms with Crippen LogP contribution in [-0.2, 0) is 10.8 Å². The van der Waals surface area contributed by atoms with Gasteiger partial charge in [-0.1, -0.05) is 157 Å². The highest BCUT2D eigenvalue weighted by Crippen LogP contribution is 2.48. The molecule has 0 saturated carbocycles. The van der Waals surface area contributed by atoms with Gasteiger partial charge in [0, 0.05) is 79.1 Å². The first-order valence-corrected chi connectivity index (χ1v) is 25.1. The smallest absolute Gasteiger partial charge is 0.252 e. The van der Waals surface area contributed by atoms with Gasteiger partial charge in [-0.25, -0.2) is 0 Å². The molecule has 0 fully saturated rings. The van der Waals surface area contributed by atoms with Crippen molar-refractivity contribution in [3.63, 3.8) is 0 Å². The van der Waals surface area contributed by atoms with Gasteiger partial charge in [0.15, 0.2) is 0 Å². The zero-order valence-electron chi connectivity index (χ0n) is 40.8. The molecule has 71 heavy (non-hydrogen) atoms. The number of para-hydroxylation sites is 1. The van der Waals surface area contributed by atoms with Gasteiger partial charge in [0.25, 0.3) is 6.71 Å². The molecule has 0 aliphatic carbocycles. The molecule has 13 aromatic rings. The molecule has 0 amide bonds. The van der Waals surface area contributed by atoms with Crippen LogP contribution in [0.25, 0.3) is 121 Å². The molecule has 6 heterocycles. The number of nitrogens with zero attached hydrogens (tertiary/aromatic N) is 4. The van der Waals surface area contributed by atoms with Crippen LogP contribution in [0.4, 0.5) is 0 Å². The third kappa shape index (κ3) is 5.52. The van der Waals surface area contributed by atoms with Gasteiger partial charge in [0.2, 0.25) is 0 Å². The van der Waals surface area contributed by atoms with Gasteiger partial charge in [-0.2, -0.15) is 0 Å². The lowest BCUT2D eigenvalue weighted by Gasteiger charge is -2.35. The Morgan fingerprint density at radius 2 is 1.06 bits per heavy atom. The second-order valence-electron chi connectivity index (χ2n) is 22.1. The minimum absolute atomic E-state index is 0.0170. The summed E-state index contributed by atoms with van der Waals surface area (Å²) < 4.78 is 5.28. The summed E-state index contributed by atoms with van der Waals surface area (Å²) in [6.45, 7) is 14.1. The van der Waals surface area contributed by atoms with E-state index >= 15 is 0 Å². The summed E-state index contributed by atoms with van der Waals surface area (Å²) >= 11 is 0. The van der Waals surface area contributed by atoms with Gasteiger partial charge >= 0.3 is 0 Å². The molecule has 4 aromatic heterocycles. The largest absolute Gasteiger partial charge is 0.310 e. The van der Waals surface area contributed by atoms with Gasteiger partial charge in [-0.15, -0.1) is 0 Å². The lowest BCUT2D eigenvalue weighted by Crippen LogP contribution is -2.59. The number of rotatable bonds is 3. The average molecular weight is 909 g/mol. The van der Waals surface area contributed by atoms with Gasteiger partial charge in [-0.05, 0) is 137 Å². The highest BCUT2D eigenvalue weighted by Gasteiger charge is 2.42.